The first-order valence-electron chi connectivity index (χ1n) is 5.02. The number of hydrogen-bond donors (Lipinski definition) is 0. The van der Waals surface area contributed by atoms with Gasteiger partial charge in [0.25, 0.3) is 0 Å². The van der Waals surface area contributed by atoms with Crippen molar-refractivity contribution < 1.29 is 8.42 Å². The van der Waals surface area contributed by atoms with Gasteiger partial charge in [-0.3, -0.25) is 0 Å². The van der Waals surface area contributed by atoms with Crippen LogP contribution in [0.2, 0.25) is 0 Å². The van der Waals surface area contributed by atoms with Crippen molar-refractivity contribution in [2.24, 2.45) is 0 Å². The molecule has 0 N–H and O–H groups in total. The van der Waals surface area contributed by atoms with Crippen molar-refractivity contribution in [1.82, 2.24) is 4.90 Å². The Hall–Kier alpha value is 0.390. The Morgan fingerprint density at radius 2 is 2.14 bits per heavy atom. The standard InChI is InChI=1S/C9H18BrNO2S/c1-11(6-3-2-5-10)9-4-7-14(12,13)8-9/h9H,2-8H2,1H3. The third-order valence-corrected chi connectivity index (χ3v) is 5.04. The van der Waals surface area contributed by atoms with Crippen LogP contribution in [0.5, 0.6) is 0 Å². The highest BCUT2D eigenvalue weighted by Crippen LogP contribution is 2.16. The lowest BCUT2D eigenvalue weighted by Crippen LogP contribution is -2.33. The fraction of sp³-hybridized carbons (Fsp3) is 1.00. The van der Waals surface area contributed by atoms with Gasteiger partial charge in [-0.25, -0.2) is 8.42 Å². The molecule has 0 bridgehead atoms. The first kappa shape index (κ1) is 12.5. The highest BCUT2D eigenvalue weighted by molar-refractivity contribution is 9.09. The van der Waals surface area contributed by atoms with Crippen LogP contribution in [0.3, 0.4) is 0 Å². The summed E-state index contributed by atoms with van der Waals surface area (Å²) in [5.41, 5.74) is 0. The van der Waals surface area contributed by atoms with Crippen molar-refractivity contribution in [1.29, 1.82) is 0 Å². The van der Waals surface area contributed by atoms with Crippen LogP contribution in [0, 0.1) is 0 Å². The van der Waals surface area contributed by atoms with Gasteiger partial charge in [-0.1, -0.05) is 15.9 Å². The van der Waals surface area contributed by atoms with Crippen molar-refractivity contribution in [3.63, 3.8) is 0 Å². The topological polar surface area (TPSA) is 37.4 Å². The third-order valence-electron chi connectivity index (χ3n) is 2.73. The lowest BCUT2D eigenvalue weighted by atomic mass is 10.2. The number of halogens is 1. The number of rotatable bonds is 5. The quantitative estimate of drug-likeness (QED) is 0.564. The summed E-state index contributed by atoms with van der Waals surface area (Å²) in [5.74, 6) is 0.734. The monoisotopic (exact) mass is 283 g/mol. The first-order chi connectivity index (χ1) is 6.55. The zero-order chi connectivity index (χ0) is 10.6. The molecule has 0 spiro atoms. The molecule has 1 aliphatic heterocycles. The van der Waals surface area contributed by atoms with Crippen LogP contribution in [0.15, 0.2) is 0 Å². The van der Waals surface area contributed by atoms with Crippen LogP contribution >= 0.6 is 15.9 Å². The number of sulfone groups is 1. The SMILES string of the molecule is CN(CCCCBr)C1CCS(=O)(=O)C1. The molecule has 0 amide bonds. The molecule has 84 valence electrons. The molecule has 1 atom stereocenters. The molecule has 1 unspecified atom stereocenters. The maximum Gasteiger partial charge on any atom is 0.151 e. The van der Waals surface area contributed by atoms with E-state index in [2.05, 4.69) is 20.8 Å². The molecule has 1 aliphatic rings. The van der Waals surface area contributed by atoms with E-state index in [-0.39, 0.29) is 6.04 Å². The molecule has 5 heteroatoms. The summed E-state index contributed by atoms with van der Waals surface area (Å²) in [7, 11) is -0.694. The second-order valence-electron chi connectivity index (χ2n) is 3.93. The van der Waals surface area contributed by atoms with E-state index in [0.29, 0.717) is 11.5 Å². The lowest BCUT2D eigenvalue weighted by molar-refractivity contribution is 0.258. The second kappa shape index (κ2) is 5.47. The van der Waals surface area contributed by atoms with E-state index in [1.54, 1.807) is 0 Å². The van der Waals surface area contributed by atoms with E-state index in [9.17, 15) is 8.42 Å². The summed E-state index contributed by atoms with van der Waals surface area (Å²) >= 11 is 3.39. The van der Waals surface area contributed by atoms with Gasteiger partial charge in [-0.05, 0) is 32.9 Å². The Morgan fingerprint density at radius 3 is 2.64 bits per heavy atom. The summed E-state index contributed by atoms with van der Waals surface area (Å²) in [6.07, 6.45) is 3.11. The van der Waals surface area contributed by atoms with Crippen molar-refractivity contribution in [2.75, 3.05) is 30.4 Å². The number of alkyl halides is 1. The van der Waals surface area contributed by atoms with Gasteiger partial charge in [-0.2, -0.15) is 0 Å². The maximum absolute atomic E-state index is 11.2. The minimum atomic E-state index is -2.72. The number of nitrogens with zero attached hydrogens (tertiary/aromatic N) is 1. The van der Waals surface area contributed by atoms with Gasteiger partial charge in [0.05, 0.1) is 11.5 Å². The Bertz CT molecular complexity index is 266. The van der Waals surface area contributed by atoms with Crippen molar-refractivity contribution in [3.05, 3.63) is 0 Å². The minimum absolute atomic E-state index is 0.260. The normalized spacial score (nSPS) is 25.8. The predicted molar refractivity (Wildman–Crippen MR) is 62.7 cm³/mol. The molecule has 1 rings (SSSR count). The van der Waals surface area contributed by atoms with Gasteiger partial charge in [-0.15, -0.1) is 0 Å². The van der Waals surface area contributed by atoms with E-state index >= 15 is 0 Å². The van der Waals surface area contributed by atoms with Gasteiger partial charge in [0.1, 0.15) is 0 Å². The molecular weight excluding hydrogens is 266 g/mol. The van der Waals surface area contributed by atoms with Crippen molar-refractivity contribution in [3.8, 4) is 0 Å². The highest BCUT2D eigenvalue weighted by Gasteiger charge is 2.30. The fourth-order valence-corrected chi connectivity index (χ4v) is 3.96. The largest absolute Gasteiger partial charge is 0.302 e. The molecule has 1 fully saturated rings. The minimum Gasteiger partial charge on any atom is -0.302 e. The highest BCUT2D eigenvalue weighted by atomic mass is 79.9. The van der Waals surface area contributed by atoms with E-state index in [1.807, 2.05) is 7.05 Å². The molecule has 1 heterocycles. The van der Waals surface area contributed by atoms with Crippen LogP contribution in [0.25, 0.3) is 0 Å². The van der Waals surface area contributed by atoms with Crippen LogP contribution in [-0.2, 0) is 9.84 Å². The average Bonchev–Trinajstić information content (AvgIpc) is 2.46. The molecule has 0 aromatic carbocycles. The van der Waals surface area contributed by atoms with E-state index in [1.165, 1.54) is 0 Å². The molecule has 0 saturated carbocycles. The molecule has 1 saturated heterocycles. The summed E-state index contributed by atoms with van der Waals surface area (Å²) in [4.78, 5) is 2.19. The van der Waals surface area contributed by atoms with Crippen LogP contribution < -0.4 is 0 Å². The summed E-state index contributed by atoms with van der Waals surface area (Å²) < 4.78 is 22.5. The molecule has 0 radical (unpaired) electrons. The molecule has 3 nitrogen and oxygen atoms in total. The lowest BCUT2D eigenvalue weighted by Gasteiger charge is -2.22. The predicted octanol–water partition coefficient (Wildman–Crippen LogP) is 1.28. The average molecular weight is 284 g/mol. The Labute approximate surface area is 94.9 Å². The summed E-state index contributed by atoms with van der Waals surface area (Å²) in [6.45, 7) is 1.01. The van der Waals surface area contributed by atoms with Gasteiger partial charge in [0.15, 0.2) is 9.84 Å². The van der Waals surface area contributed by atoms with E-state index in [0.717, 1.165) is 31.1 Å². The van der Waals surface area contributed by atoms with Gasteiger partial charge >= 0.3 is 0 Å². The van der Waals surface area contributed by atoms with E-state index in [4.69, 9.17) is 0 Å². The number of hydrogen-bond acceptors (Lipinski definition) is 3. The Balaban J connectivity index is 2.29. The summed E-state index contributed by atoms with van der Waals surface area (Å²) in [5, 5.41) is 1.03. The molecule has 0 aliphatic carbocycles. The fourth-order valence-electron chi connectivity index (χ4n) is 1.76. The van der Waals surface area contributed by atoms with E-state index < -0.39 is 9.84 Å². The summed E-state index contributed by atoms with van der Waals surface area (Å²) in [6, 6.07) is 0.260. The maximum atomic E-state index is 11.2. The van der Waals surface area contributed by atoms with Gasteiger partial charge in [0, 0.05) is 11.4 Å². The van der Waals surface area contributed by atoms with Gasteiger partial charge in [0.2, 0.25) is 0 Å². The molecule has 0 aromatic heterocycles. The van der Waals surface area contributed by atoms with Crippen LogP contribution in [0.4, 0.5) is 0 Å². The van der Waals surface area contributed by atoms with Crippen LogP contribution in [-0.4, -0.2) is 49.8 Å². The van der Waals surface area contributed by atoms with Gasteiger partial charge < -0.3 is 4.90 Å². The van der Waals surface area contributed by atoms with Crippen molar-refractivity contribution >= 4 is 25.8 Å². The Morgan fingerprint density at radius 1 is 1.43 bits per heavy atom. The second-order valence-corrected chi connectivity index (χ2v) is 6.96. The van der Waals surface area contributed by atoms with Crippen LogP contribution in [0.1, 0.15) is 19.3 Å². The number of unbranched alkanes of at least 4 members (excludes halogenated alkanes) is 1. The molecular formula is C9H18BrNO2S. The zero-order valence-electron chi connectivity index (χ0n) is 8.58. The Kier molecular flexibility index (Phi) is 4.87. The van der Waals surface area contributed by atoms with Crippen molar-refractivity contribution in [2.45, 2.75) is 25.3 Å². The smallest absolute Gasteiger partial charge is 0.151 e. The molecule has 0 aromatic rings. The zero-order valence-corrected chi connectivity index (χ0v) is 11.0. The third kappa shape index (κ3) is 3.87. The first-order valence-corrected chi connectivity index (χ1v) is 7.96. The molecule has 14 heavy (non-hydrogen) atoms.